The third-order valence-corrected chi connectivity index (χ3v) is 6.37. The van der Waals surface area contributed by atoms with Gasteiger partial charge in [0.05, 0.1) is 31.4 Å². The van der Waals surface area contributed by atoms with E-state index in [1.54, 1.807) is 14.2 Å². The molecule has 1 aromatic rings. The lowest BCUT2D eigenvalue weighted by atomic mass is 9.75. The van der Waals surface area contributed by atoms with Crippen LogP contribution in [0.1, 0.15) is 38.7 Å². The van der Waals surface area contributed by atoms with Crippen molar-refractivity contribution in [3.8, 4) is 17.2 Å². The van der Waals surface area contributed by atoms with Gasteiger partial charge in [0, 0.05) is 23.1 Å². The Labute approximate surface area is 181 Å². The maximum absolute atomic E-state index is 10.1. The molecule has 1 N–H and O–H groups in total. The number of ether oxygens (including phenoxy) is 5. The molecule has 0 fully saturated rings. The molecule has 4 aliphatic rings. The fourth-order valence-corrected chi connectivity index (χ4v) is 4.90. The van der Waals surface area contributed by atoms with Gasteiger partial charge in [0.15, 0.2) is 11.5 Å². The van der Waals surface area contributed by atoms with E-state index in [4.69, 9.17) is 23.7 Å². The van der Waals surface area contributed by atoms with Crippen LogP contribution in [0.15, 0.2) is 52.1 Å². The average molecular weight is 425 g/mol. The summed E-state index contributed by atoms with van der Waals surface area (Å²) in [5.41, 5.74) is 2.94. The van der Waals surface area contributed by atoms with Crippen LogP contribution in [0.4, 0.5) is 0 Å². The minimum Gasteiger partial charge on any atom is -0.493 e. The van der Waals surface area contributed by atoms with E-state index in [2.05, 4.69) is 18.2 Å². The van der Waals surface area contributed by atoms with Crippen molar-refractivity contribution in [2.24, 2.45) is 11.1 Å². The normalized spacial score (nSPS) is 29.1. The third-order valence-electron chi connectivity index (χ3n) is 6.37. The predicted molar refractivity (Wildman–Crippen MR) is 114 cm³/mol. The standard InChI is InChI=1S/C24H27NO6/c1-12-8-15-21(25-26)20-14-9-17(27-4)18(28-5)10-16(14)29-11-19(20)30-23(15)13-6-7-24(2,3)31-22(12)13/h6-7,9-10,12,19-20,26H,8,11H2,1-5H3/b25-21+/t12?,19-,20+/m1/s1. The summed E-state index contributed by atoms with van der Waals surface area (Å²) in [5.74, 6) is 3.37. The fourth-order valence-electron chi connectivity index (χ4n) is 4.90. The van der Waals surface area contributed by atoms with Gasteiger partial charge in [-0.25, -0.2) is 0 Å². The van der Waals surface area contributed by atoms with Gasteiger partial charge in [-0.15, -0.1) is 0 Å². The predicted octanol–water partition coefficient (Wildman–Crippen LogP) is 4.32. The molecule has 0 radical (unpaired) electrons. The Hall–Kier alpha value is -3.09. The van der Waals surface area contributed by atoms with E-state index < -0.39 is 0 Å². The van der Waals surface area contributed by atoms with E-state index >= 15 is 0 Å². The van der Waals surface area contributed by atoms with Gasteiger partial charge >= 0.3 is 0 Å². The molecule has 0 bridgehead atoms. The molecule has 0 saturated heterocycles. The van der Waals surface area contributed by atoms with Crippen LogP contribution in [0.3, 0.4) is 0 Å². The lowest BCUT2D eigenvalue weighted by Crippen LogP contribution is -2.44. The Morgan fingerprint density at radius 2 is 1.90 bits per heavy atom. The SMILES string of the molecule is COc1cc2c(cc1OC)[C@@H]1/C(=N/O)C3=C(O[C@@H]1CO2)C1=C(OC(C)(C)C=C1)C(C)C3. The molecule has 7 nitrogen and oxygen atoms in total. The zero-order chi connectivity index (χ0) is 21.9. The number of hydrogen-bond acceptors (Lipinski definition) is 7. The maximum atomic E-state index is 10.1. The average Bonchev–Trinajstić information content (AvgIpc) is 2.76. The summed E-state index contributed by atoms with van der Waals surface area (Å²) in [4.78, 5) is 0. The highest BCUT2D eigenvalue weighted by atomic mass is 16.5. The summed E-state index contributed by atoms with van der Waals surface area (Å²) < 4.78 is 29.7. The van der Waals surface area contributed by atoms with Crippen molar-refractivity contribution in [2.75, 3.05) is 20.8 Å². The van der Waals surface area contributed by atoms with Crippen molar-refractivity contribution >= 4 is 5.71 Å². The number of benzene rings is 1. The van der Waals surface area contributed by atoms with Crippen LogP contribution in [-0.2, 0) is 9.47 Å². The van der Waals surface area contributed by atoms with Gasteiger partial charge in [-0.05, 0) is 38.5 Å². The van der Waals surface area contributed by atoms with Gasteiger partial charge in [0.2, 0.25) is 0 Å². The molecule has 31 heavy (non-hydrogen) atoms. The van der Waals surface area contributed by atoms with Gasteiger partial charge in [0.25, 0.3) is 0 Å². The molecule has 1 unspecified atom stereocenters. The van der Waals surface area contributed by atoms with E-state index in [9.17, 15) is 5.21 Å². The van der Waals surface area contributed by atoms with Gasteiger partial charge in [-0.1, -0.05) is 12.1 Å². The molecular weight excluding hydrogens is 398 g/mol. The lowest BCUT2D eigenvalue weighted by molar-refractivity contribution is 0.0279. The van der Waals surface area contributed by atoms with Gasteiger partial charge in [-0.3, -0.25) is 0 Å². The first-order chi connectivity index (χ1) is 14.9. The number of methoxy groups -OCH3 is 2. The summed E-state index contributed by atoms with van der Waals surface area (Å²) in [7, 11) is 3.19. The van der Waals surface area contributed by atoms with Crippen LogP contribution < -0.4 is 14.2 Å². The Bertz CT molecular complexity index is 1060. The number of nitrogens with zero attached hydrogens (tertiary/aromatic N) is 1. The molecular formula is C24H27NO6. The molecule has 7 heteroatoms. The number of oxime groups is 1. The van der Waals surface area contributed by atoms with Gasteiger partial charge in [-0.2, -0.15) is 0 Å². The molecule has 3 heterocycles. The van der Waals surface area contributed by atoms with Crippen molar-refractivity contribution in [1.82, 2.24) is 0 Å². The second kappa shape index (κ2) is 6.97. The number of hydrogen-bond donors (Lipinski definition) is 1. The van der Waals surface area contributed by atoms with Gasteiger partial charge in [0.1, 0.15) is 35.6 Å². The smallest absolute Gasteiger partial charge is 0.164 e. The van der Waals surface area contributed by atoms with E-state index in [1.807, 2.05) is 32.1 Å². The summed E-state index contributed by atoms with van der Waals surface area (Å²) in [6, 6.07) is 3.70. The highest BCUT2D eigenvalue weighted by molar-refractivity contribution is 6.07. The monoisotopic (exact) mass is 425 g/mol. The maximum Gasteiger partial charge on any atom is 0.164 e. The topological polar surface area (TPSA) is 78.7 Å². The molecule has 0 saturated carbocycles. The quantitative estimate of drug-likeness (QED) is 0.562. The molecule has 3 atom stereocenters. The Balaban J connectivity index is 1.63. The summed E-state index contributed by atoms with van der Waals surface area (Å²) in [6.07, 6.45) is 4.43. The molecule has 0 spiro atoms. The zero-order valence-corrected chi connectivity index (χ0v) is 18.4. The summed E-state index contributed by atoms with van der Waals surface area (Å²) in [5, 5.41) is 13.9. The first-order valence-corrected chi connectivity index (χ1v) is 10.5. The molecule has 164 valence electrons. The highest BCUT2D eigenvalue weighted by Gasteiger charge is 2.47. The van der Waals surface area contributed by atoms with Crippen molar-refractivity contribution < 1.29 is 28.9 Å². The zero-order valence-electron chi connectivity index (χ0n) is 18.4. The van der Waals surface area contributed by atoms with Crippen molar-refractivity contribution in [3.05, 3.63) is 52.5 Å². The summed E-state index contributed by atoms with van der Waals surface area (Å²) in [6.45, 7) is 6.53. The lowest BCUT2D eigenvalue weighted by Gasteiger charge is -2.44. The molecule has 0 aromatic heterocycles. The number of allylic oxidation sites excluding steroid dienone is 3. The van der Waals surface area contributed by atoms with Crippen LogP contribution in [-0.4, -0.2) is 43.5 Å². The molecule has 3 aliphatic heterocycles. The van der Waals surface area contributed by atoms with Crippen molar-refractivity contribution in [2.45, 2.75) is 44.8 Å². The highest BCUT2D eigenvalue weighted by Crippen LogP contribution is 2.51. The first-order valence-electron chi connectivity index (χ1n) is 10.5. The van der Waals surface area contributed by atoms with Crippen LogP contribution in [0.25, 0.3) is 0 Å². The minimum absolute atomic E-state index is 0.139. The van der Waals surface area contributed by atoms with E-state index in [-0.39, 0.29) is 23.5 Å². The Kier molecular flexibility index (Phi) is 4.46. The largest absolute Gasteiger partial charge is 0.493 e. The molecule has 1 aliphatic carbocycles. The minimum atomic E-state index is -0.362. The van der Waals surface area contributed by atoms with Crippen molar-refractivity contribution in [3.63, 3.8) is 0 Å². The van der Waals surface area contributed by atoms with Crippen LogP contribution in [0.2, 0.25) is 0 Å². The summed E-state index contributed by atoms with van der Waals surface area (Å²) >= 11 is 0. The van der Waals surface area contributed by atoms with Crippen molar-refractivity contribution in [1.29, 1.82) is 0 Å². The fraction of sp³-hybridized carbons (Fsp3) is 0.458. The van der Waals surface area contributed by atoms with Crippen LogP contribution >= 0.6 is 0 Å². The van der Waals surface area contributed by atoms with E-state index in [1.165, 1.54) is 0 Å². The van der Waals surface area contributed by atoms with E-state index in [0.29, 0.717) is 36.0 Å². The van der Waals surface area contributed by atoms with E-state index in [0.717, 1.165) is 28.2 Å². The number of fused-ring (bicyclic) bond motifs is 4. The second-order valence-electron chi connectivity index (χ2n) is 8.90. The Morgan fingerprint density at radius 3 is 2.61 bits per heavy atom. The molecule has 5 rings (SSSR count). The number of rotatable bonds is 2. The molecule has 1 aromatic carbocycles. The van der Waals surface area contributed by atoms with Crippen LogP contribution in [0, 0.1) is 5.92 Å². The third kappa shape index (κ3) is 2.98. The second-order valence-corrected chi connectivity index (χ2v) is 8.90. The molecule has 0 amide bonds. The Morgan fingerprint density at radius 1 is 1.16 bits per heavy atom. The first kappa shape index (κ1) is 19.8. The van der Waals surface area contributed by atoms with Crippen LogP contribution in [0.5, 0.6) is 17.2 Å². The van der Waals surface area contributed by atoms with Gasteiger partial charge < -0.3 is 28.9 Å².